The lowest BCUT2D eigenvalue weighted by atomic mass is 10.2. The molecule has 0 spiro atoms. The molecule has 0 atom stereocenters. The van der Waals surface area contributed by atoms with Gasteiger partial charge in [-0.2, -0.15) is 5.10 Å². The van der Waals surface area contributed by atoms with Gasteiger partial charge in [-0.05, 0) is 55.3 Å². The number of rotatable bonds is 6. The summed E-state index contributed by atoms with van der Waals surface area (Å²) in [6.45, 7) is 2.08. The molecule has 8 heteroatoms. The average Bonchev–Trinajstić information content (AvgIpc) is 3.30. The van der Waals surface area contributed by atoms with E-state index in [-0.39, 0.29) is 11.3 Å². The molecule has 0 bridgehead atoms. The number of benzene rings is 2. The van der Waals surface area contributed by atoms with Gasteiger partial charge in [0, 0.05) is 36.1 Å². The topological polar surface area (TPSA) is 79.4 Å². The van der Waals surface area contributed by atoms with E-state index >= 15 is 0 Å². The minimum atomic E-state index is -0.582. The highest BCUT2D eigenvalue weighted by atomic mass is 19.1. The van der Waals surface area contributed by atoms with E-state index in [4.69, 9.17) is 4.74 Å². The van der Waals surface area contributed by atoms with Crippen molar-refractivity contribution in [1.29, 1.82) is 0 Å². The first-order valence-electron chi connectivity index (χ1n) is 9.72. The first-order chi connectivity index (χ1) is 14.6. The standard InChI is InChI=1S/C22H22FN5O2/c1-30-20-9-4-15(12-19(20)23)22(29)26-17-7-5-16(6-8-17)25-21-13-18(14-24-27-21)28-10-2-3-11-28/h4-9,12-14H,2-3,10-11H2,1H3,(H,25,27)(H,26,29). The monoisotopic (exact) mass is 407 g/mol. The number of halogens is 1. The number of nitrogens with zero attached hydrogens (tertiary/aromatic N) is 3. The van der Waals surface area contributed by atoms with Crippen LogP contribution in [0.5, 0.6) is 5.75 Å². The van der Waals surface area contributed by atoms with Gasteiger partial charge in [-0.3, -0.25) is 4.79 Å². The number of amides is 1. The van der Waals surface area contributed by atoms with Gasteiger partial charge in [0.1, 0.15) is 0 Å². The zero-order valence-electron chi connectivity index (χ0n) is 16.6. The number of ether oxygens (including phenoxy) is 1. The molecule has 0 saturated carbocycles. The second kappa shape index (κ2) is 8.77. The fourth-order valence-electron chi connectivity index (χ4n) is 3.36. The molecule has 2 heterocycles. The van der Waals surface area contributed by atoms with E-state index in [9.17, 15) is 9.18 Å². The van der Waals surface area contributed by atoms with Crippen LogP contribution >= 0.6 is 0 Å². The lowest BCUT2D eigenvalue weighted by Gasteiger charge is -2.17. The van der Waals surface area contributed by atoms with Gasteiger partial charge in [0.2, 0.25) is 0 Å². The smallest absolute Gasteiger partial charge is 0.255 e. The van der Waals surface area contributed by atoms with Crippen molar-refractivity contribution in [3.05, 3.63) is 66.1 Å². The van der Waals surface area contributed by atoms with Crippen molar-refractivity contribution in [3.8, 4) is 5.75 Å². The zero-order chi connectivity index (χ0) is 20.9. The molecule has 2 N–H and O–H groups in total. The molecular weight excluding hydrogens is 385 g/mol. The summed E-state index contributed by atoms with van der Waals surface area (Å²) in [7, 11) is 1.38. The minimum absolute atomic E-state index is 0.0962. The lowest BCUT2D eigenvalue weighted by molar-refractivity contribution is 0.102. The third kappa shape index (κ3) is 4.48. The van der Waals surface area contributed by atoms with Gasteiger partial charge in [-0.25, -0.2) is 4.39 Å². The Hall–Kier alpha value is -3.68. The summed E-state index contributed by atoms with van der Waals surface area (Å²) in [6, 6.07) is 13.2. The molecule has 1 aromatic heterocycles. The average molecular weight is 407 g/mol. The molecular formula is C22H22FN5O2. The third-order valence-electron chi connectivity index (χ3n) is 4.94. The Bertz CT molecular complexity index is 1040. The number of anilines is 4. The normalized spacial score (nSPS) is 13.2. The summed E-state index contributed by atoms with van der Waals surface area (Å²) in [5.74, 6) is -0.229. The van der Waals surface area contributed by atoms with Crippen molar-refractivity contribution in [2.75, 3.05) is 35.7 Å². The molecule has 0 unspecified atom stereocenters. The van der Waals surface area contributed by atoms with Gasteiger partial charge in [-0.15, -0.1) is 5.10 Å². The van der Waals surface area contributed by atoms with Gasteiger partial charge >= 0.3 is 0 Å². The molecule has 1 saturated heterocycles. The SMILES string of the molecule is COc1ccc(C(=O)Nc2ccc(Nc3cc(N4CCCC4)cnn3)cc2)cc1F. The molecule has 1 fully saturated rings. The van der Waals surface area contributed by atoms with E-state index in [1.165, 1.54) is 32.1 Å². The number of carbonyl (C=O) groups excluding carboxylic acids is 1. The summed E-state index contributed by atoms with van der Waals surface area (Å²) in [5, 5.41) is 14.2. The molecule has 0 radical (unpaired) electrons. The second-order valence-corrected chi connectivity index (χ2v) is 7.00. The van der Waals surface area contributed by atoms with E-state index in [2.05, 4.69) is 25.7 Å². The highest BCUT2D eigenvalue weighted by molar-refractivity contribution is 6.04. The number of aromatic nitrogens is 2. The van der Waals surface area contributed by atoms with E-state index < -0.39 is 11.7 Å². The quantitative estimate of drug-likeness (QED) is 0.637. The highest BCUT2D eigenvalue weighted by Crippen LogP contribution is 2.24. The van der Waals surface area contributed by atoms with Crippen LogP contribution < -0.4 is 20.3 Å². The molecule has 3 aromatic rings. The molecule has 154 valence electrons. The minimum Gasteiger partial charge on any atom is -0.494 e. The Morgan fingerprint density at radius 2 is 1.80 bits per heavy atom. The van der Waals surface area contributed by atoms with Crippen molar-refractivity contribution in [2.45, 2.75) is 12.8 Å². The Kier molecular flexibility index (Phi) is 5.74. The summed E-state index contributed by atoms with van der Waals surface area (Å²) >= 11 is 0. The van der Waals surface area contributed by atoms with E-state index in [0.717, 1.165) is 30.5 Å². The molecule has 2 aromatic carbocycles. The molecule has 30 heavy (non-hydrogen) atoms. The summed E-state index contributed by atoms with van der Waals surface area (Å²) < 4.78 is 18.7. The Morgan fingerprint density at radius 3 is 2.50 bits per heavy atom. The number of hydrogen-bond donors (Lipinski definition) is 2. The fraction of sp³-hybridized carbons (Fsp3) is 0.227. The molecule has 0 aliphatic carbocycles. The van der Waals surface area contributed by atoms with Crippen LogP contribution in [0, 0.1) is 5.82 Å². The highest BCUT2D eigenvalue weighted by Gasteiger charge is 2.14. The maximum absolute atomic E-state index is 13.8. The van der Waals surface area contributed by atoms with Gasteiger partial charge in [0.15, 0.2) is 17.4 Å². The molecule has 1 aliphatic heterocycles. The van der Waals surface area contributed by atoms with Crippen molar-refractivity contribution in [3.63, 3.8) is 0 Å². The Morgan fingerprint density at radius 1 is 1.07 bits per heavy atom. The van der Waals surface area contributed by atoms with Crippen molar-refractivity contribution in [2.24, 2.45) is 0 Å². The van der Waals surface area contributed by atoms with E-state index in [1.54, 1.807) is 18.3 Å². The third-order valence-corrected chi connectivity index (χ3v) is 4.94. The predicted molar refractivity (Wildman–Crippen MR) is 114 cm³/mol. The predicted octanol–water partition coefficient (Wildman–Crippen LogP) is 4.22. The fourth-order valence-corrected chi connectivity index (χ4v) is 3.36. The first-order valence-corrected chi connectivity index (χ1v) is 9.72. The van der Waals surface area contributed by atoms with Gasteiger partial charge in [-0.1, -0.05) is 0 Å². The Labute approximate surface area is 173 Å². The van der Waals surface area contributed by atoms with Crippen LogP contribution in [0.25, 0.3) is 0 Å². The first kappa shape index (κ1) is 19.6. The van der Waals surface area contributed by atoms with Crippen LogP contribution in [0.2, 0.25) is 0 Å². The van der Waals surface area contributed by atoms with E-state index in [1.807, 2.05) is 18.2 Å². The van der Waals surface area contributed by atoms with Crippen LogP contribution in [-0.4, -0.2) is 36.3 Å². The van der Waals surface area contributed by atoms with Gasteiger partial charge in [0.05, 0.1) is 19.0 Å². The maximum Gasteiger partial charge on any atom is 0.255 e. The van der Waals surface area contributed by atoms with Crippen LogP contribution in [0.1, 0.15) is 23.2 Å². The molecule has 1 amide bonds. The number of hydrogen-bond acceptors (Lipinski definition) is 6. The van der Waals surface area contributed by atoms with E-state index in [0.29, 0.717) is 11.5 Å². The van der Waals surface area contributed by atoms with Gasteiger partial charge in [0.25, 0.3) is 5.91 Å². The van der Waals surface area contributed by atoms with Crippen LogP contribution in [0.3, 0.4) is 0 Å². The van der Waals surface area contributed by atoms with Crippen LogP contribution in [-0.2, 0) is 0 Å². The Balaban J connectivity index is 1.40. The zero-order valence-corrected chi connectivity index (χ0v) is 16.6. The number of methoxy groups -OCH3 is 1. The van der Waals surface area contributed by atoms with Crippen molar-refractivity contribution in [1.82, 2.24) is 10.2 Å². The van der Waals surface area contributed by atoms with Crippen LogP contribution in [0.15, 0.2) is 54.7 Å². The number of carbonyl (C=O) groups is 1. The summed E-state index contributed by atoms with van der Waals surface area (Å²) in [5.41, 5.74) is 2.68. The lowest BCUT2D eigenvalue weighted by Crippen LogP contribution is -2.18. The largest absolute Gasteiger partial charge is 0.494 e. The van der Waals surface area contributed by atoms with Crippen LogP contribution in [0.4, 0.5) is 27.3 Å². The second-order valence-electron chi connectivity index (χ2n) is 7.00. The molecule has 7 nitrogen and oxygen atoms in total. The summed E-state index contributed by atoms with van der Waals surface area (Å²) in [4.78, 5) is 14.6. The maximum atomic E-state index is 13.8. The number of nitrogens with one attached hydrogen (secondary N) is 2. The van der Waals surface area contributed by atoms with Crippen molar-refractivity contribution >= 4 is 28.8 Å². The van der Waals surface area contributed by atoms with Gasteiger partial charge < -0.3 is 20.3 Å². The molecule has 1 aliphatic rings. The van der Waals surface area contributed by atoms with Crippen molar-refractivity contribution < 1.29 is 13.9 Å². The molecule has 4 rings (SSSR count). The summed E-state index contributed by atoms with van der Waals surface area (Å²) in [6.07, 6.45) is 4.17.